The highest BCUT2D eigenvalue weighted by Crippen LogP contribution is 2.25. The first-order valence-corrected chi connectivity index (χ1v) is 5.31. The number of piperazine rings is 1. The van der Waals surface area contributed by atoms with Crippen molar-refractivity contribution < 1.29 is 4.79 Å². The third kappa shape index (κ3) is 1.70. The van der Waals surface area contributed by atoms with Gasteiger partial charge in [0, 0.05) is 18.6 Å². The van der Waals surface area contributed by atoms with E-state index in [1.807, 2.05) is 0 Å². The van der Waals surface area contributed by atoms with Gasteiger partial charge in [0.2, 0.25) is 5.91 Å². The highest BCUT2D eigenvalue weighted by molar-refractivity contribution is 5.79. The monoisotopic (exact) mass is 182 g/mol. The Balaban J connectivity index is 2.04. The smallest absolute Gasteiger partial charge is 0.237 e. The lowest BCUT2D eigenvalue weighted by atomic mass is 10.1. The minimum Gasteiger partial charge on any atom is -0.335 e. The SMILES string of the molecule is C[C@@H]1CNCC(=O)N1C1CCCC1. The minimum atomic E-state index is 0.297. The van der Waals surface area contributed by atoms with Gasteiger partial charge >= 0.3 is 0 Å². The van der Waals surface area contributed by atoms with Gasteiger partial charge in [0.15, 0.2) is 0 Å². The summed E-state index contributed by atoms with van der Waals surface area (Å²) in [6.07, 6.45) is 5.04. The van der Waals surface area contributed by atoms with Gasteiger partial charge in [-0.25, -0.2) is 0 Å². The van der Waals surface area contributed by atoms with Crippen molar-refractivity contribution in [2.75, 3.05) is 13.1 Å². The van der Waals surface area contributed by atoms with Crippen LogP contribution < -0.4 is 5.32 Å². The van der Waals surface area contributed by atoms with E-state index in [4.69, 9.17) is 0 Å². The number of carbonyl (C=O) groups is 1. The molecule has 0 radical (unpaired) electrons. The normalized spacial score (nSPS) is 31.3. The van der Waals surface area contributed by atoms with E-state index in [0.29, 0.717) is 24.5 Å². The second-order valence-corrected chi connectivity index (χ2v) is 4.22. The Morgan fingerprint density at radius 2 is 2.08 bits per heavy atom. The standard InChI is InChI=1S/C10H18N2O/c1-8-6-11-7-10(13)12(8)9-4-2-3-5-9/h8-9,11H,2-7H2,1H3/t8-/m1/s1. The first kappa shape index (κ1) is 9.00. The summed E-state index contributed by atoms with van der Waals surface area (Å²) in [5.74, 6) is 0.297. The molecule has 1 heterocycles. The summed E-state index contributed by atoms with van der Waals surface area (Å²) >= 11 is 0. The lowest BCUT2D eigenvalue weighted by Gasteiger charge is -2.38. The molecular weight excluding hydrogens is 164 g/mol. The van der Waals surface area contributed by atoms with Gasteiger partial charge in [-0.2, -0.15) is 0 Å². The Morgan fingerprint density at radius 3 is 2.69 bits per heavy atom. The average molecular weight is 182 g/mol. The maximum absolute atomic E-state index is 11.7. The molecule has 1 N–H and O–H groups in total. The van der Waals surface area contributed by atoms with Crippen molar-refractivity contribution in [1.82, 2.24) is 10.2 Å². The fourth-order valence-corrected chi connectivity index (χ4v) is 2.57. The van der Waals surface area contributed by atoms with Gasteiger partial charge in [-0.05, 0) is 19.8 Å². The van der Waals surface area contributed by atoms with Crippen molar-refractivity contribution in [3.8, 4) is 0 Å². The summed E-state index contributed by atoms with van der Waals surface area (Å²) in [5.41, 5.74) is 0. The number of amides is 1. The van der Waals surface area contributed by atoms with Crippen molar-refractivity contribution >= 4 is 5.91 Å². The van der Waals surface area contributed by atoms with Crippen LogP contribution in [0.3, 0.4) is 0 Å². The zero-order valence-electron chi connectivity index (χ0n) is 8.25. The third-order valence-electron chi connectivity index (χ3n) is 3.20. The first-order chi connectivity index (χ1) is 6.29. The molecule has 0 aromatic heterocycles. The van der Waals surface area contributed by atoms with Gasteiger partial charge < -0.3 is 10.2 Å². The molecule has 1 amide bonds. The van der Waals surface area contributed by atoms with Crippen LogP contribution in [-0.4, -0.2) is 36.0 Å². The average Bonchev–Trinajstić information content (AvgIpc) is 2.57. The van der Waals surface area contributed by atoms with Crippen LogP contribution in [-0.2, 0) is 4.79 Å². The van der Waals surface area contributed by atoms with Crippen LogP contribution >= 0.6 is 0 Å². The van der Waals surface area contributed by atoms with Crippen molar-refractivity contribution in [2.24, 2.45) is 0 Å². The van der Waals surface area contributed by atoms with Crippen LogP contribution in [0.2, 0.25) is 0 Å². The van der Waals surface area contributed by atoms with E-state index in [-0.39, 0.29) is 0 Å². The van der Waals surface area contributed by atoms with Crippen molar-refractivity contribution in [2.45, 2.75) is 44.7 Å². The Hall–Kier alpha value is -0.570. The van der Waals surface area contributed by atoms with E-state index in [2.05, 4.69) is 17.1 Å². The molecule has 0 aromatic carbocycles. The molecule has 2 fully saturated rings. The zero-order chi connectivity index (χ0) is 9.26. The van der Waals surface area contributed by atoms with Crippen LogP contribution in [0.1, 0.15) is 32.6 Å². The Bertz CT molecular complexity index is 199. The molecule has 2 aliphatic rings. The Morgan fingerprint density at radius 1 is 1.38 bits per heavy atom. The molecule has 1 aliphatic heterocycles. The number of nitrogens with one attached hydrogen (secondary N) is 1. The molecular formula is C10H18N2O. The highest BCUT2D eigenvalue weighted by Gasteiger charge is 2.32. The molecule has 0 aromatic rings. The largest absolute Gasteiger partial charge is 0.335 e. The molecule has 1 saturated heterocycles. The minimum absolute atomic E-state index is 0.297. The number of nitrogens with zero attached hydrogens (tertiary/aromatic N) is 1. The van der Waals surface area contributed by atoms with Gasteiger partial charge in [0.1, 0.15) is 0 Å². The van der Waals surface area contributed by atoms with Crippen molar-refractivity contribution in [3.63, 3.8) is 0 Å². The third-order valence-corrected chi connectivity index (χ3v) is 3.20. The Kier molecular flexibility index (Phi) is 2.54. The second kappa shape index (κ2) is 3.66. The van der Waals surface area contributed by atoms with Gasteiger partial charge in [-0.1, -0.05) is 12.8 Å². The molecule has 74 valence electrons. The fraction of sp³-hybridized carbons (Fsp3) is 0.900. The molecule has 1 saturated carbocycles. The molecule has 3 heteroatoms. The maximum atomic E-state index is 11.7. The summed E-state index contributed by atoms with van der Waals surface area (Å²) in [6, 6.07) is 0.939. The maximum Gasteiger partial charge on any atom is 0.237 e. The van der Waals surface area contributed by atoms with E-state index >= 15 is 0 Å². The first-order valence-electron chi connectivity index (χ1n) is 5.31. The summed E-state index contributed by atoms with van der Waals surface area (Å²) in [4.78, 5) is 13.8. The predicted octanol–water partition coefficient (Wildman–Crippen LogP) is 0.749. The van der Waals surface area contributed by atoms with E-state index in [1.165, 1.54) is 25.7 Å². The molecule has 1 atom stereocenters. The topological polar surface area (TPSA) is 32.3 Å². The van der Waals surface area contributed by atoms with Crippen LogP contribution in [0, 0.1) is 0 Å². The number of hydrogen-bond acceptors (Lipinski definition) is 2. The van der Waals surface area contributed by atoms with Crippen LogP contribution in [0.15, 0.2) is 0 Å². The summed E-state index contributed by atoms with van der Waals surface area (Å²) in [5, 5.41) is 3.15. The molecule has 0 unspecified atom stereocenters. The molecule has 0 bridgehead atoms. The number of rotatable bonds is 1. The summed E-state index contributed by atoms with van der Waals surface area (Å²) in [6.45, 7) is 3.64. The van der Waals surface area contributed by atoms with Crippen molar-refractivity contribution in [1.29, 1.82) is 0 Å². The van der Waals surface area contributed by atoms with E-state index in [1.54, 1.807) is 0 Å². The van der Waals surface area contributed by atoms with Crippen LogP contribution in [0.5, 0.6) is 0 Å². The fourth-order valence-electron chi connectivity index (χ4n) is 2.57. The molecule has 1 aliphatic carbocycles. The van der Waals surface area contributed by atoms with Gasteiger partial charge in [0.25, 0.3) is 0 Å². The predicted molar refractivity (Wildman–Crippen MR) is 51.4 cm³/mol. The van der Waals surface area contributed by atoms with Crippen LogP contribution in [0.4, 0.5) is 0 Å². The van der Waals surface area contributed by atoms with Gasteiger partial charge in [-0.3, -0.25) is 4.79 Å². The van der Waals surface area contributed by atoms with Crippen molar-refractivity contribution in [3.05, 3.63) is 0 Å². The van der Waals surface area contributed by atoms with Crippen LogP contribution in [0.25, 0.3) is 0 Å². The molecule has 13 heavy (non-hydrogen) atoms. The molecule has 2 rings (SSSR count). The summed E-state index contributed by atoms with van der Waals surface area (Å²) < 4.78 is 0. The van der Waals surface area contributed by atoms with Gasteiger partial charge in [0.05, 0.1) is 6.54 Å². The zero-order valence-corrected chi connectivity index (χ0v) is 8.25. The van der Waals surface area contributed by atoms with E-state index in [9.17, 15) is 4.79 Å². The Labute approximate surface area is 79.5 Å². The van der Waals surface area contributed by atoms with E-state index < -0.39 is 0 Å². The quantitative estimate of drug-likeness (QED) is 0.649. The highest BCUT2D eigenvalue weighted by atomic mass is 16.2. The molecule has 3 nitrogen and oxygen atoms in total. The number of hydrogen-bond donors (Lipinski definition) is 1. The lowest BCUT2D eigenvalue weighted by molar-refractivity contribution is -0.137. The van der Waals surface area contributed by atoms with E-state index in [0.717, 1.165) is 6.54 Å². The second-order valence-electron chi connectivity index (χ2n) is 4.22. The molecule has 0 spiro atoms. The number of carbonyl (C=O) groups excluding carboxylic acids is 1. The lowest BCUT2D eigenvalue weighted by Crippen LogP contribution is -2.56. The summed E-state index contributed by atoms with van der Waals surface area (Å²) in [7, 11) is 0. The van der Waals surface area contributed by atoms with Gasteiger partial charge in [-0.15, -0.1) is 0 Å².